The molecule has 0 radical (unpaired) electrons. The van der Waals surface area contributed by atoms with Gasteiger partial charge in [-0.2, -0.15) is 0 Å². The molecule has 5 nitrogen and oxygen atoms in total. The molecule has 1 aromatic heterocycles. The Morgan fingerprint density at radius 2 is 1.89 bits per heavy atom. The predicted octanol–water partition coefficient (Wildman–Crippen LogP) is 2.02. The van der Waals surface area contributed by atoms with Gasteiger partial charge in [0, 0.05) is 25.1 Å². The number of hydrogen-bond donors (Lipinski definition) is 0. The highest BCUT2D eigenvalue weighted by atomic mass is 32.2. The molecule has 0 fully saturated rings. The van der Waals surface area contributed by atoms with Gasteiger partial charge in [-0.15, -0.1) is 0 Å². The van der Waals surface area contributed by atoms with Crippen LogP contribution in [0.4, 0.5) is 5.69 Å². The first kappa shape index (κ1) is 13.6. The summed E-state index contributed by atoms with van der Waals surface area (Å²) in [5.74, 6) is 0.774. The second-order valence-electron chi connectivity index (χ2n) is 4.55. The molecule has 0 spiro atoms. The third-order valence-corrected chi connectivity index (χ3v) is 3.91. The second-order valence-corrected chi connectivity index (χ2v) is 6.57. The quantitative estimate of drug-likeness (QED) is 0.857. The van der Waals surface area contributed by atoms with Crippen molar-refractivity contribution in [3.05, 3.63) is 41.8 Å². The molecule has 2 aromatic rings. The van der Waals surface area contributed by atoms with Crippen LogP contribution in [0.2, 0.25) is 0 Å². The van der Waals surface area contributed by atoms with Crippen LogP contribution in [-0.4, -0.2) is 26.9 Å². The van der Waals surface area contributed by atoms with Gasteiger partial charge >= 0.3 is 0 Å². The van der Waals surface area contributed by atoms with E-state index in [1.54, 1.807) is 24.3 Å². The smallest absolute Gasteiger partial charge is 0.175 e. The molecule has 0 saturated heterocycles. The molecular formula is C13H16N2O3S. The summed E-state index contributed by atoms with van der Waals surface area (Å²) >= 11 is 0. The molecule has 6 heteroatoms. The molecule has 0 unspecified atom stereocenters. The van der Waals surface area contributed by atoms with Crippen LogP contribution in [0.5, 0.6) is 0 Å². The van der Waals surface area contributed by atoms with Crippen LogP contribution in [-0.2, 0) is 16.4 Å². The van der Waals surface area contributed by atoms with E-state index >= 15 is 0 Å². The molecule has 19 heavy (non-hydrogen) atoms. The topological polar surface area (TPSA) is 63.4 Å². The van der Waals surface area contributed by atoms with Crippen LogP contribution in [0, 0.1) is 6.92 Å². The summed E-state index contributed by atoms with van der Waals surface area (Å²) in [6.45, 7) is 2.45. The number of nitrogens with zero attached hydrogens (tertiary/aromatic N) is 2. The minimum atomic E-state index is -3.15. The van der Waals surface area contributed by atoms with Gasteiger partial charge in [0.15, 0.2) is 9.84 Å². The number of anilines is 1. The minimum absolute atomic E-state index is 0.321. The number of rotatable bonds is 4. The van der Waals surface area contributed by atoms with Crippen molar-refractivity contribution in [1.82, 2.24) is 5.16 Å². The Morgan fingerprint density at radius 3 is 2.37 bits per heavy atom. The molecule has 0 aliphatic rings. The summed E-state index contributed by atoms with van der Waals surface area (Å²) < 4.78 is 27.8. The number of aromatic nitrogens is 1. The van der Waals surface area contributed by atoms with E-state index in [0.717, 1.165) is 17.1 Å². The van der Waals surface area contributed by atoms with Crippen molar-refractivity contribution in [3.8, 4) is 0 Å². The van der Waals surface area contributed by atoms with Crippen LogP contribution in [0.3, 0.4) is 0 Å². The summed E-state index contributed by atoms with van der Waals surface area (Å²) in [7, 11) is -1.23. The highest BCUT2D eigenvalue weighted by molar-refractivity contribution is 7.90. The third-order valence-electron chi connectivity index (χ3n) is 2.78. The van der Waals surface area contributed by atoms with E-state index in [0.29, 0.717) is 11.4 Å². The van der Waals surface area contributed by atoms with Crippen molar-refractivity contribution in [1.29, 1.82) is 0 Å². The van der Waals surface area contributed by atoms with E-state index in [-0.39, 0.29) is 0 Å². The molecule has 1 aromatic carbocycles. The minimum Gasteiger partial charge on any atom is -0.369 e. The maximum Gasteiger partial charge on any atom is 0.175 e. The Kier molecular flexibility index (Phi) is 3.61. The lowest BCUT2D eigenvalue weighted by atomic mass is 10.3. The first-order valence-electron chi connectivity index (χ1n) is 5.80. The summed E-state index contributed by atoms with van der Waals surface area (Å²) in [4.78, 5) is 2.30. The van der Waals surface area contributed by atoms with Crippen molar-refractivity contribution < 1.29 is 12.9 Å². The standard InChI is InChI=1S/C13H16N2O3S/c1-10-8-11(14-18-10)9-15(2)12-4-6-13(7-5-12)19(3,16)17/h4-8H,9H2,1-3H3. The van der Waals surface area contributed by atoms with E-state index in [2.05, 4.69) is 5.16 Å². The SMILES string of the molecule is Cc1cc(CN(C)c2ccc(S(C)(=O)=O)cc2)no1. The Balaban J connectivity index is 2.14. The molecule has 0 N–H and O–H groups in total. The Labute approximate surface area is 112 Å². The van der Waals surface area contributed by atoms with Crippen molar-refractivity contribution >= 4 is 15.5 Å². The molecule has 102 valence electrons. The Bertz CT molecular complexity index is 659. The van der Waals surface area contributed by atoms with E-state index in [4.69, 9.17) is 4.52 Å². The van der Waals surface area contributed by atoms with Crippen LogP contribution >= 0.6 is 0 Å². The maximum atomic E-state index is 11.4. The van der Waals surface area contributed by atoms with Gasteiger partial charge in [-0.1, -0.05) is 5.16 Å². The molecule has 0 amide bonds. The van der Waals surface area contributed by atoms with E-state index in [1.165, 1.54) is 6.26 Å². The molecule has 0 aliphatic carbocycles. The van der Waals surface area contributed by atoms with Crippen LogP contribution in [0.15, 0.2) is 39.8 Å². The van der Waals surface area contributed by atoms with Gasteiger partial charge < -0.3 is 9.42 Å². The van der Waals surface area contributed by atoms with Crippen molar-refractivity contribution in [2.24, 2.45) is 0 Å². The average Bonchev–Trinajstić information content (AvgIpc) is 2.74. The van der Waals surface area contributed by atoms with Crippen molar-refractivity contribution in [2.75, 3.05) is 18.2 Å². The monoisotopic (exact) mass is 280 g/mol. The highest BCUT2D eigenvalue weighted by Gasteiger charge is 2.09. The molecule has 2 rings (SSSR count). The van der Waals surface area contributed by atoms with Gasteiger partial charge in [0.2, 0.25) is 0 Å². The lowest BCUT2D eigenvalue weighted by molar-refractivity contribution is 0.390. The fraction of sp³-hybridized carbons (Fsp3) is 0.308. The number of hydrogen-bond acceptors (Lipinski definition) is 5. The molecule has 0 bridgehead atoms. The van der Waals surface area contributed by atoms with Crippen LogP contribution < -0.4 is 4.90 Å². The summed E-state index contributed by atoms with van der Waals surface area (Å²) in [6, 6.07) is 8.65. The lowest BCUT2D eigenvalue weighted by Gasteiger charge is -2.17. The zero-order valence-electron chi connectivity index (χ0n) is 11.1. The van der Waals surface area contributed by atoms with Gasteiger partial charge in [-0.3, -0.25) is 0 Å². The second kappa shape index (κ2) is 5.05. The lowest BCUT2D eigenvalue weighted by Crippen LogP contribution is -2.16. The Hall–Kier alpha value is -1.82. The fourth-order valence-corrected chi connectivity index (χ4v) is 2.41. The van der Waals surface area contributed by atoms with Crippen molar-refractivity contribution in [2.45, 2.75) is 18.4 Å². The fourth-order valence-electron chi connectivity index (χ4n) is 1.77. The van der Waals surface area contributed by atoms with Crippen LogP contribution in [0.25, 0.3) is 0 Å². The van der Waals surface area contributed by atoms with Gasteiger partial charge in [0.1, 0.15) is 11.5 Å². The van der Waals surface area contributed by atoms with E-state index in [1.807, 2.05) is 24.9 Å². The van der Waals surface area contributed by atoms with Gasteiger partial charge in [0.05, 0.1) is 11.4 Å². The largest absolute Gasteiger partial charge is 0.369 e. The molecular weight excluding hydrogens is 264 g/mol. The van der Waals surface area contributed by atoms with Gasteiger partial charge in [-0.05, 0) is 31.2 Å². The maximum absolute atomic E-state index is 11.4. The summed E-state index contributed by atoms with van der Waals surface area (Å²) in [6.07, 6.45) is 1.20. The normalized spacial score (nSPS) is 11.5. The summed E-state index contributed by atoms with van der Waals surface area (Å²) in [5, 5.41) is 3.93. The zero-order valence-corrected chi connectivity index (χ0v) is 11.9. The molecule has 0 aliphatic heterocycles. The number of sulfone groups is 1. The van der Waals surface area contributed by atoms with Crippen LogP contribution in [0.1, 0.15) is 11.5 Å². The van der Waals surface area contributed by atoms with E-state index in [9.17, 15) is 8.42 Å². The third kappa shape index (κ3) is 3.35. The first-order valence-corrected chi connectivity index (χ1v) is 7.69. The predicted molar refractivity (Wildman–Crippen MR) is 72.9 cm³/mol. The van der Waals surface area contributed by atoms with Crippen molar-refractivity contribution in [3.63, 3.8) is 0 Å². The van der Waals surface area contributed by atoms with Gasteiger partial charge in [-0.25, -0.2) is 8.42 Å². The number of benzene rings is 1. The Morgan fingerprint density at radius 1 is 1.26 bits per heavy atom. The zero-order chi connectivity index (χ0) is 14.0. The average molecular weight is 280 g/mol. The molecule has 1 heterocycles. The number of aryl methyl sites for hydroxylation is 1. The highest BCUT2D eigenvalue weighted by Crippen LogP contribution is 2.18. The summed E-state index contributed by atoms with van der Waals surface area (Å²) in [5.41, 5.74) is 1.76. The molecule has 0 saturated carbocycles. The molecule has 0 atom stereocenters. The van der Waals surface area contributed by atoms with E-state index < -0.39 is 9.84 Å². The van der Waals surface area contributed by atoms with Gasteiger partial charge in [0.25, 0.3) is 0 Å². The first-order chi connectivity index (χ1) is 8.86.